The van der Waals surface area contributed by atoms with Crippen LogP contribution in [0.25, 0.3) is 0 Å². The molecule has 0 radical (unpaired) electrons. The maximum absolute atomic E-state index is 13.1. The Kier molecular flexibility index (Phi) is 10.6. The first-order valence-corrected chi connectivity index (χ1v) is 15.2. The highest BCUT2D eigenvalue weighted by Gasteiger charge is 2.46. The first kappa shape index (κ1) is 32.6. The van der Waals surface area contributed by atoms with Crippen LogP contribution in [0.15, 0.2) is 95.9 Å². The number of amides is 1. The lowest BCUT2D eigenvalue weighted by Crippen LogP contribution is -2.40. The molecule has 0 bridgehead atoms. The number of nitrogens with zero attached hydrogens (tertiary/aromatic N) is 2. The van der Waals surface area contributed by atoms with E-state index >= 15 is 0 Å². The van der Waals surface area contributed by atoms with Gasteiger partial charge in [0.1, 0.15) is 29.1 Å². The van der Waals surface area contributed by atoms with Crippen LogP contribution in [0.1, 0.15) is 29.3 Å². The number of rotatable bonds is 13. The van der Waals surface area contributed by atoms with Gasteiger partial charge in [-0.3, -0.25) is 9.36 Å². The lowest BCUT2D eigenvalue weighted by molar-refractivity contribution is -0.119. The second-order valence-corrected chi connectivity index (χ2v) is 10.8. The number of benzene rings is 3. The van der Waals surface area contributed by atoms with Crippen molar-refractivity contribution in [2.24, 2.45) is 0 Å². The number of nitrogens with one attached hydrogen (secondary N) is 2. The summed E-state index contributed by atoms with van der Waals surface area (Å²) in [7, 11) is 3.25. The minimum atomic E-state index is -1.09. The van der Waals surface area contributed by atoms with Crippen LogP contribution in [-0.2, 0) is 19.9 Å². The van der Waals surface area contributed by atoms with Gasteiger partial charge in [-0.25, -0.2) is 4.79 Å². The summed E-state index contributed by atoms with van der Waals surface area (Å²) >= 11 is 6.47. The number of halogens is 1. The lowest BCUT2D eigenvalue weighted by atomic mass is 9.79. The maximum Gasteiger partial charge on any atom is 0.351 e. The molecule has 0 spiro atoms. The van der Waals surface area contributed by atoms with Crippen molar-refractivity contribution in [3.05, 3.63) is 118 Å². The Labute approximate surface area is 272 Å². The van der Waals surface area contributed by atoms with Crippen LogP contribution in [0.4, 0.5) is 5.82 Å². The Hall–Kier alpha value is -4.82. The molecule has 1 aliphatic rings. The Morgan fingerprint density at radius 1 is 1.00 bits per heavy atom. The second-order valence-electron chi connectivity index (χ2n) is 10.5. The number of carbonyl (C=O) groups excluding carboxylic acids is 1. The summed E-state index contributed by atoms with van der Waals surface area (Å²) in [6, 6.07) is 27.0. The van der Waals surface area contributed by atoms with Crippen molar-refractivity contribution in [3.8, 4) is 23.8 Å². The van der Waals surface area contributed by atoms with Crippen molar-refractivity contribution >= 4 is 23.3 Å². The van der Waals surface area contributed by atoms with Crippen LogP contribution >= 0.6 is 11.6 Å². The van der Waals surface area contributed by atoms with Crippen LogP contribution in [0, 0.1) is 12.3 Å². The van der Waals surface area contributed by atoms with E-state index in [4.69, 9.17) is 37.0 Å². The molecule has 1 fully saturated rings. The van der Waals surface area contributed by atoms with Gasteiger partial charge in [-0.05, 0) is 47.0 Å². The Balaban J connectivity index is 1.49. The number of anilines is 1. The SMILES string of the molecule is C#CCNC(=O)CNc1ccn([C@H]2C[C@H](OC(c3ccccc3)(c3ccc(OC)cc3)c3ccc(OC)cc3)[C@@H](CCl)O2)c(=O)n1. The van der Waals surface area contributed by atoms with Gasteiger partial charge in [0.25, 0.3) is 0 Å². The fourth-order valence-corrected chi connectivity index (χ4v) is 5.77. The van der Waals surface area contributed by atoms with Gasteiger partial charge in [0, 0.05) is 12.6 Å². The highest BCUT2D eigenvalue weighted by atomic mass is 35.5. The molecule has 3 aromatic carbocycles. The number of hydrogen-bond acceptors (Lipinski definition) is 8. The van der Waals surface area contributed by atoms with Gasteiger partial charge < -0.3 is 29.6 Å². The first-order chi connectivity index (χ1) is 22.4. The molecule has 5 rings (SSSR count). The molecule has 11 heteroatoms. The summed E-state index contributed by atoms with van der Waals surface area (Å²) in [5, 5.41) is 5.38. The van der Waals surface area contributed by atoms with Gasteiger partial charge in [-0.15, -0.1) is 18.0 Å². The first-order valence-electron chi connectivity index (χ1n) is 14.7. The molecule has 1 aliphatic heterocycles. The molecule has 0 saturated carbocycles. The molecule has 2 N–H and O–H groups in total. The van der Waals surface area contributed by atoms with Gasteiger partial charge in [0.05, 0.1) is 45.4 Å². The van der Waals surface area contributed by atoms with Crippen molar-refractivity contribution in [2.75, 3.05) is 38.5 Å². The number of ether oxygens (including phenoxy) is 4. The molecule has 1 saturated heterocycles. The molecular weight excluding hydrogens is 608 g/mol. The molecule has 2 heterocycles. The van der Waals surface area contributed by atoms with E-state index in [-0.39, 0.29) is 30.7 Å². The van der Waals surface area contributed by atoms with Gasteiger partial charge in [-0.1, -0.05) is 60.5 Å². The van der Waals surface area contributed by atoms with Gasteiger partial charge in [0.2, 0.25) is 5.91 Å². The van der Waals surface area contributed by atoms with E-state index in [2.05, 4.69) is 21.5 Å². The van der Waals surface area contributed by atoms with Gasteiger partial charge in [-0.2, -0.15) is 4.98 Å². The average molecular weight is 643 g/mol. The van der Waals surface area contributed by atoms with Crippen molar-refractivity contribution in [3.63, 3.8) is 0 Å². The van der Waals surface area contributed by atoms with E-state index in [1.807, 2.05) is 78.9 Å². The summed E-state index contributed by atoms with van der Waals surface area (Å²) in [5.74, 6) is 3.82. The zero-order chi connectivity index (χ0) is 32.5. The monoisotopic (exact) mass is 642 g/mol. The summed E-state index contributed by atoms with van der Waals surface area (Å²) < 4.78 is 25.8. The standard InChI is InChI=1S/C35H35ClN4O6/c1-4-19-37-32(41)23-38-31-18-20-40(34(42)39-31)33-21-29(30(22-36)45-33)46-35(24-8-6-5-7-9-24,25-10-14-27(43-2)15-11-25)26-12-16-28(44-3)17-13-26/h1,5-18,20,29-30,33H,19,21-23H2,2-3H3,(H,37,41)(H,38,39,42)/t29-,30+,33+/m0/s1. The summed E-state index contributed by atoms with van der Waals surface area (Å²) in [4.78, 5) is 29.1. The predicted molar refractivity (Wildman–Crippen MR) is 175 cm³/mol. The van der Waals surface area contributed by atoms with Crippen LogP contribution < -0.4 is 25.8 Å². The fraction of sp³-hybridized carbons (Fsp3) is 0.286. The van der Waals surface area contributed by atoms with E-state index in [9.17, 15) is 9.59 Å². The van der Waals surface area contributed by atoms with E-state index in [0.29, 0.717) is 17.9 Å². The van der Waals surface area contributed by atoms with Crippen molar-refractivity contribution in [1.29, 1.82) is 0 Å². The minimum Gasteiger partial charge on any atom is -0.497 e. The summed E-state index contributed by atoms with van der Waals surface area (Å²) in [6.45, 7) is 0.0304. The number of terminal acetylenes is 1. The molecule has 1 aromatic heterocycles. The van der Waals surface area contributed by atoms with Crippen molar-refractivity contribution < 1.29 is 23.7 Å². The molecular formula is C35H35ClN4O6. The number of alkyl halides is 1. The Morgan fingerprint density at radius 2 is 1.61 bits per heavy atom. The van der Waals surface area contributed by atoms with Gasteiger partial charge >= 0.3 is 5.69 Å². The highest BCUT2D eigenvalue weighted by molar-refractivity contribution is 6.18. The van der Waals surface area contributed by atoms with E-state index in [1.54, 1.807) is 26.5 Å². The molecule has 238 valence electrons. The topological polar surface area (TPSA) is 113 Å². The third-order valence-corrected chi connectivity index (χ3v) is 8.10. The summed E-state index contributed by atoms with van der Waals surface area (Å²) in [5.41, 5.74) is 0.976. The zero-order valence-electron chi connectivity index (χ0n) is 25.5. The molecule has 0 unspecified atom stereocenters. The minimum absolute atomic E-state index is 0.0828. The quantitative estimate of drug-likeness (QED) is 0.126. The largest absolute Gasteiger partial charge is 0.497 e. The highest BCUT2D eigenvalue weighted by Crippen LogP contribution is 2.45. The van der Waals surface area contributed by atoms with Crippen LogP contribution in [0.2, 0.25) is 0 Å². The molecule has 10 nitrogen and oxygen atoms in total. The molecule has 0 aliphatic carbocycles. The third kappa shape index (κ3) is 7.02. The zero-order valence-corrected chi connectivity index (χ0v) is 26.3. The van der Waals surface area contributed by atoms with Gasteiger partial charge in [0.15, 0.2) is 0 Å². The molecule has 1 amide bonds. The maximum atomic E-state index is 13.1. The summed E-state index contributed by atoms with van der Waals surface area (Å²) in [6.07, 6.45) is 5.30. The van der Waals surface area contributed by atoms with Crippen LogP contribution in [0.3, 0.4) is 0 Å². The number of hydrogen-bond donors (Lipinski definition) is 2. The number of methoxy groups -OCH3 is 2. The molecule has 46 heavy (non-hydrogen) atoms. The lowest BCUT2D eigenvalue weighted by Gasteiger charge is -2.39. The third-order valence-electron chi connectivity index (χ3n) is 7.79. The van der Waals surface area contributed by atoms with Crippen LogP contribution in [0.5, 0.6) is 11.5 Å². The fourth-order valence-electron chi connectivity index (χ4n) is 5.50. The van der Waals surface area contributed by atoms with Crippen LogP contribution in [-0.4, -0.2) is 60.9 Å². The number of aromatic nitrogens is 2. The smallest absolute Gasteiger partial charge is 0.351 e. The Bertz CT molecular complexity index is 1660. The molecule has 4 aromatic rings. The Morgan fingerprint density at radius 3 is 2.15 bits per heavy atom. The van der Waals surface area contributed by atoms with Crippen molar-refractivity contribution in [2.45, 2.75) is 30.5 Å². The normalized spacial score (nSPS) is 17.6. The number of carbonyl (C=O) groups is 1. The van der Waals surface area contributed by atoms with E-state index in [0.717, 1.165) is 16.7 Å². The van der Waals surface area contributed by atoms with Crippen molar-refractivity contribution in [1.82, 2.24) is 14.9 Å². The second kappa shape index (κ2) is 15.0. The molecule has 3 atom stereocenters. The van der Waals surface area contributed by atoms with E-state index in [1.165, 1.54) is 4.57 Å². The van der Waals surface area contributed by atoms with E-state index < -0.39 is 29.7 Å². The predicted octanol–water partition coefficient (Wildman–Crippen LogP) is 4.33. The average Bonchev–Trinajstić information content (AvgIpc) is 3.51.